The Kier molecular flexibility index (Phi) is 7.49. The third-order valence-corrected chi connectivity index (χ3v) is 6.68. The van der Waals surface area contributed by atoms with Gasteiger partial charge in [0.15, 0.2) is 5.82 Å². The molecule has 4 rings (SSSR count). The highest BCUT2D eigenvalue weighted by molar-refractivity contribution is 5.97. The van der Waals surface area contributed by atoms with Gasteiger partial charge in [0.1, 0.15) is 0 Å². The number of carbonyl (C=O) groups excluding carboxylic acids is 1. The van der Waals surface area contributed by atoms with Crippen molar-refractivity contribution >= 4 is 40.1 Å². The third-order valence-electron chi connectivity index (χ3n) is 6.68. The lowest BCUT2D eigenvalue weighted by Gasteiger charge is -2.30. The van der Waals surface area contributed by atoms with Crippen molar-refractivity contribution in [3.8, 4) is 0 Å². The van der Waals surface area contributed by atoms with Gasteiger partial charge in [-0.05, 0) is 53.6 Å². The first kappa shape index (κ1) is 24.5. The average molecular weight is 475 g/mol. The molecule has 1 amide bonds. The van der Waals surface area contributed by atoms with Gasteiger partial charge in [-0.25, -0.2) is 9.18 Å². The molecule has 0 heterocycles. The largest absolute Gasteiger partial charge is 0.478 e. The first-order valence-corrected chi connectivity index (χ1v) is 12.0. The van der Waals surface area contributed by atoms with Crippen molar-refractivity contribution in [3.63, 3.8) is 0 Å². The lowest BCUT2D eigenvalue weighted by atomic mass is 9.88. The van der Waals surface area contributed by atoms with E-state index in [9.17, 15) is 9.59 Å². The van der Waals surface area contributed by atoms with Crippen molar-refractivity contribution in [3.05, 3.63) is 77.6 Å². The fraction of sp³-hybridized carbons (Fsp3) is 0.310. The lowest BCUT2D eigenvalue weighted by molar-refractivity contribution is -0.131. The van der Waals surface area contributed by atoms with Gasteiger partial charge in [-0.1, -0.05) is 55.7 Å². The first-order chi connectivity index (χ1) is 16.8. The maximum Gasteiger partial charge on any atom is 0.328 e. The number of carboxylic acid groups (broad SMARTS) is 1. The number of anilines is 2. The van der Waals surface area contributed by atoms with E-state index in [1.807, 2.05) is 56.6 Å². The van der Waals surface area contributed by atoms with Gasteiger partial charge in [0, 0.05) is 37.2 Å². The van der Waals surface area contributed by atoms with Gasteiger partial charge >= 0.3 is 5.97 Å². The van der Waals surface area contributed by atoms with E-state index >= 15 is 4.39 Å². The second-order valence-electron chi connectivity index (χ2n) is 9.33. The molecule has 1 aliphatic rings. The van der Waals surface area contributed by atoms with Crippen molar-refractivity contribution in [2.24, 2.45) is 5.92 Å². The Balaban J connectivity index is 1.79. The van der Waals surface area contributed by atoms with E-state index in [1.54, 1.807) is 21.9 Å². The summed E-state index contributed by atoms with van der Waals surface area (Å²) in [5, 5.41) is 10.3. The van der Waals surface area contributed by atoms with Crippen LogP contribution in [0.5, 0.6) is 0 Å². The van der Waals surface area contributed by atoms with E-state index in [1.165, 1.54) is 6.08 Å². The van der Waals surface area contributed by atoms with E-state index in [0.717, 1.165) is 49.1 Å². The molecular weight excluding hydrogens is 443 g/mol. The van der Waals surface area contributed by atoms with E-state index in [2.05, 4.69) is 0 Å². The average Bonchev–Trinajstić information content (AvgIpc) is 2.86. The first-order valence-electron chi connectivity index (χ1n) is 12.0. The second-order valence-corrected chi connectivity index (χ2v) is 9.33. The molecule has 1 N–H and O–H groups in total. The van der Waals surface area contributed by atoms with Gasteiger partial charge in [0.05, 0.1) is 12.2 Å². The molecule has 1 fully saturated rings. The molecule has 0 aromatic heterocycles. The van der Waals surface area contributed by atoms with Gasteiger partial charge in [-0.3, -0.25) is 4.79 Å². The number of fused-ring (bicyclic) bond motifs is 1. The molecule has 0 bridgehead atoms. The zero-order valence-corrected chi connectivity index (χ0v) is 20.2. The number of hydrogen-bond donors (Lipinski definition) is 1. The van der Waals surface area contributed by atoms with E-state index in [4.69, 9.17) is 5.11 Å². The standard InChI is InChI=1S/C29H31FN2O3/c1-31(2)25-16-15-21-11-7-12-23(27(21)28(25)30)19-32(29(35)22-9-4-3-5-10-22)24-13-6-8-20(18-24)14-17-26(33)34/h6-8,11-18,22H,3-5,9-10,19H2,1-2H3,(H,33,34)/b17-14+. The van der Waals surface area contributed by atoms with E-state index in [-0.39, 0.29) is 24.2 Å². The van der Waals surface area contributed by atoms with Crippen LogP contribution in [0.15, 0.2) is 60.7 Å². The third kappa shape index (κ3) is 5.53. The normalized spacial score (nSPS) is 14.4. The van der Waals surface area contributed by atoms with Crippen LogP contribution >= 0.6 is 0 Å². The summed E-state index contributed by atoms with van der Waals surface area (Å²) in [5.74, 6) is -1.37. The minimum Gasteiger partial charge on any atom is -0.478 e. The number of aliphatic carboxylic acids is 1. The zero-order valence-electron chi connectivity index (χ0n) is 20.2. The maximum atomic E-state index is 15.6. The Bertz CT molecular complexity index is 1260. The van der Waals surface area contributed by atoms with Crippen LogP contribution in [0.2, 0.25) is 0 Å². The number of rotatable bonds is 7. The van der Waals surface area contributed by atoms with Crippen molar-refractivity contribution in [1.29, 1.82) is 0 Å². The van der Waals surface area contributed by atoms with Gasteiger partial charge in [-0.2, -0.15) is 0 Å². The summed E-state index contributed by atoms with van der Waals surface area (Å²) in [6.45, 7) is 0.229. The minimum absolute atomic E-state index is 0.0326. The summed E-state index contributed by atoms with van der Waals surface area (Å²) >= 11 is 0. The summed E-state index contributed by atoms with van der Waals surface area (Å²) in [6.07, 6.45) is 7.49. The highest BCUT2D eigenvalue weighted by Gasteiger charge is 2.28. The summed E-state index contributed by atoms with van der Waals surface area (Å²) < 4.78 is 15.6. The molecule has 35 heavy (non-hydrogen) atoms. The molecule has 1 saturated carbocycles. The predicted molar refractivity (Wildman–Crippen MR) is 139 cm³/mol. The number of nitrogens with zero attached hydrogens (tertiary/aromatic N) is 2. The Labute approximate surface area is 205 Å². The summed E-state index contributed by atoms with van der Waals surface area (Å²) in [5.41, 5.74) is 2.59. The van der Waals surface area contributed by atoms with Crippen LogP contribution in [0, 0.1) is 11.7 Å². The number of carboxylic acids is 1. The molecule has 0 spiro atoms. The summed E-state index contributed by atoms with van der Waals surface area (Å²) in [6, 6.07) is 16.6. The Hall–Kier alpha value is -3.67. The molecule has 3 aromatic rings. The number of halogens is 1. The number of benzene rings is 3. The van der Waals surface area contributed by atoms with Crippen LogP contribution in [0.3, 0.4) is 0 Å². The number of hydrogen-bond acceptors (Lipinski definition) is 3. The van der Waals surface area contributed by atoms with Crippen molar-refractivity contribution < 1.29 is 19.1 Å². The SMILES string of the molecule is CN(C)c1ccc2cccc(CN(C(=O)C3CCCCC3)c3cccc(/C=C/C(=O)O)c3)c2c1F. The van der Waals surface area contributed by atoms with E-state index in [0.29, 0.717) is 22.3 Å². The van der Waals surface area contributed by atoms with Crippen LogP contribution in [0.1, 0.15) is 43.2 Å². The molecule has 0 saturated heterocycles. The van der Waals surface area contributed by atoms with Crippen LogP contribution in [0.4, 0.5) is 15.8 Å². The van der Waals surface area contributed by atoms with Gasteiger partial charge in [-0.15, -0.1) is 0 Å². The smallest absolute Gasteiger partial charge is 0.328 e. The molecule has 1 aliphatic carbocycles. The molecule has 0 aliphatic heterocycles. The fourth-order valence-corrected chi connectivity index (χ4v) is 4.87. The predicted octanol–water partition coefficient (Wildman–Crippen LogP) is 6.26. The molecule has 6 heteroatoms. The van der Waals surface area contributed by atoms with Crippen LogP contribution in [0.25, 0.3) is 16.8 Å². The van der Waals surface area contributed by atoms with E-state index < -0.39 is 5.97 Å². The molecular formula is C29H31FN2O3. The second kappa shape index (κ2) is 10.7. The molecule has 182 valence electrons. The quantitative estimate of drug-likeness (QED) is 0.411. The fourth-order valence-electron chi connectivity index (χ4n) is 4.87. The lowest BCUT2D eigenvalue weighted by Crippen LogP contribution is -2.36. The zero-order chi connectivity index (χ0) is 24.9. The van der Waals surface area contributed by atoms with Crippen molar-refractivity contribution in [1.82, 2.24) is 0 Å². The Morgan fingerprint density at radius 3 is 2.49 bits per heavy atom. The highest BCUT2D eigenvalue weighted by Crippen LogP contribution is 2.33. The Morgan fingerprint density at radius 2 is 1.77 bits per heavy atom. The molecule has 3 aromatic carbocycles. The monoisotopic (exact) mass is 474 g/mol. The van der Waals surface area contributed by atoms with Crippen molar-refractivity contribution in [2.45, 2.75) is 38.6 Å². The molecule has 0 radical (unpaired) electrons. The minimum atomic E-state index is -1.03. The summed E-state index contributed by atoms with van der Waals surface area (Å²) in [7, 11) is 3.61. The van der Waals surface area contributed by atoms with Crippen LogP contribution in [-0.2, 0) is 16.1 Å². The topological polar surface area (TPSA) is 60.9 Å². The van der Waals surface area contributed by atoms with Crippen molar-refractivity contribution in [2.75, 3.05) is 23.9 Å². The number of carbonyl (C=O) groups is 2. The number of amides is 1. The molecule has 0 atom stereocenters. The van der Waals surface area contributed by atoms with Gasteiger partial charge in [0.2, 0.25) is 5.91 Å². The van der Waals surface area contributed by atoms with Gasteiger partial charge in [0.25, 0.3) is 0 Å². The van der Waals surface area contributed by atoms with Crippen LogP contribution in [-0.4, -0.2) is 31.1 Å². The summed E-state index contributed by atoms with van der Waals surface area (Å²) in [4.78, 5) is 28.3. The highest BCUT2D eigenvalue weighted by atomic mass is 19.1. The maximum absolute atomic E-state index is 15.6. The van der Waals surface area contributed by atoms with Gasteiger partial charge < -0.3 is 14.9 Å². The molecule has 5 nitrogen and oxygen atoms in total. The molecule has 0 unspecified atom stereocenters. The Morgan fingerprint density at radius 1 is 1.03 bits per heavy atom. The van der Waals surface area contributed by atoms with Crippen LogP contribution < -0.4 is 9.80 Å².